The van der Waals surface area contributed by atoms with E-state index in [1.54, 1.807) is 0 Å². The summed E-state index contributed by atoms with van der Waals surface area (Å²) < 4.78 is 5.28. The van der Waals surface area contributed by atoms with Crippen LogP contribution in [0.3, 0.4) is 0 Å². The SMILES string of the molecule is CCCCCCCCC(Br)C(Br)CCCCCCCCOC(=O)C(Br)C(C)Br. The van der Waals surface area contributed by atoms with E-state index in [1.807, 2.05) is 6.92 Å². The molecule has 4 unspecified atom stereocenters. The zero-order valence-corrected chi connectivity index (χ0v) is 24.1. The second kappa shape index (κ2) is 20.3. The van der Waals surface area contributed by atoms with Gasteiger partial charge in [0.2, 0.25) is 0 Å². The van der Waals surface area contributed by atoms with E-state index in [0.29, 0.717) is 16.3 Å². The number of rotatable bonds is 19. The summed E-state index contributed by atoms with van der Waals surface area (Å²) in [5.41, 5.74) is 0. The minimum atomic E-state index is -0.260. The van der Waals surface area contributed by atoms with Crippen molar-refractivity contribution in [1.29, 1.82) is 0 Å². The summed E-state index contributed by atoms with van der Waals surface area (Å²) in [7, 11) is 0. The number of hydrogen-bond acceptors (Lipinski definition) is 2. The number of unbranched alkanes of at least 4 members (excludes halogenated alkanes) is 10. The predicted octanol–water partition coefficient (Wildman–Crippen LogP) is 9.08. The fourth-order valence-electron chi connectivity index (χ4n) is 3.07. The summed E-state index contributed by atoms with van der Waals surface area (Å²) in [6.07, 6.45) is 18.0. The Morgan fingerprint density at radius 2 is 1.14 bits per heavy atom. The second-order valence-electron chi connectivity index (χ2n) is 7.75. The number of carbonyl (C=O) groups is 1. The van der Waals surface area contributed by atoms with Crippen molar-refractivity contribution in [3.05, 3.63) is 0 Å². The maximum absolute atomic E-state index is 11.7. The van der Waals surface area contributed by atoms with Crippen molar-refractivity contribution in [2.75, 3.05) is 6.61 Å². The monoisotopic (exact) mass is 652 g/mol. The van der Waals surface area contributed by atoms with Crippen molar-refractivity contribution in [2.24, 2.45) is 0 Å². The Hall–Kier alpha value is 1.39. The molecule has 2 nitrogen and oxygen atoms in total. The summed E-state index contributed by atoms with van der Waals surface area (Å²) >= 11 is 14.5. The van der Waals surface area contributed by atoms with E-state index >= 15 is 0 Å². The molecule has 0 heterocycles. The highest BCUT2D eigenvalue weighted by Gasteiger charge is 2.21. The zero-order chi connectivity index (χ0) is 21.2. The molecule has 0 aliphatic heterocycles. The van der Waals surface area contributed by atoms with Gasteiger partial charge < -0.3 is 4.74 Å². The van der Waals surface area contributed by atoms with Crippen LogP contribution in [0.2, 0.25) is 0 Å². The average molecular weight is 656 g/mol. The summed E-state index contributed by atoms with van der Waals surface area (Å²) in [5.74, 6) is -0.168. The largest absolute Gasteiger partial charge is 0.465 e. The third-order valence-electron chi connectivity index (χ3n) is 4.97. The predicted molar refractivity (Wildman–Crippen MR) is 138 cm³/mol. The highest BCUT2D eigenvalue weighted by molar-refractivity contribution is 9.12. The topological polar surface area (TPSA) is 26.3 Å². The molecule has 4 atom stereocenters. The number of halogens is 4. The maximum atomic E-state index is 11.7. The van der Waals surface area contributed by atoms with Gasteiger partial charge in [-0.05, 0) is 19.3 Å². The zero-order valence-electron chi connectivity index (χ0n) is 17.7. The number of hydrogen-bond donors (Lipinski definition) is 0. The molecule has 0 N–H and O–H groups in total. The first kappa shape index (κ1) is 29.4. The van der Waals surface area contributed by atoms with Crippen LogP contribution in [0.25, 0.3) is 0 Å². The Bertz CT molecular complexity index is 366. The van der Waals surface area contributed by atoms with E-state index in [1.165, 1.54) is 77.0 Å². The van der Waals surface area contributed by atoms with Crippen LogP contribution >= 0.6 is 63.7 Å². The second-order valence-corrected chi connectivity index (χ2v) is 12.5. The van der Waals surface area contributed by atoms with Crippen molar-refractivity contribution in [1.82, 2.24) is 0 Å². The molecule has 168 valence electrons. The maximum Gasteiger partial charge on any atom is 0.320 e. The van der Waals surface area contributed by atoms with Gasteiger partial charge in [-0.25, -0.2) is 0 Å². The normalized spacial score (nSPS) is 15.8. The highest BCUT2D eigenvalue weighted by Crippen LogP contribution is 2.25. The number of esters is 1. The lowest BCUT2D eigenvalue weighted by molar-refractivity contribution is -0.142. The van der Waals surface area contributed by atoms with Crippen LogP contribution in [-0.4, -0.2) is 31.9 Å². The molecule has 28 heavy (non-hydrogen) atoms. The van der Waals surface area contributed by atoms with E-state index in [4.69, 9.17) is 4.74 Å². The molecule has 0 fully saturated rings. The van der Waals surface area contributed by atoms with Crippen molar-refractivity contribution >= 4 is 69.7 Å². The Morgan fingerprint density at radius 1 is 0.714 bits per heavy atom. The molecular formula is C22H40Br4O2. The molecule has 0 spiro atoms. The standard InChI is InChI=1S/C22H40Br4O2/c1-3-4-5-6-9-12-15-19(24)20(25)16-13-10-7-8-11-14-17-28-22(27)21(26)18(2)23/h18-21H,3-17H2,1-2H3. The molecule has 0 aromatic carbocycles. The summed E-state index contributed by atoms with van der Waals surface area (Å²) in [4.78, 5) is 12.7. The van der Waals surface area contributed by atoms with Gasteiger partial charge in [0.25, 0.3) is 0 Å². The van der Waals surface area contributed by atoms with Crippen molar-refractivity contribution in [3.63, 3.8) is 0 Å². The lowest BCUT2D eigenvalue weighted by Gasteiger charge is -2.16. The molecule has 0 aliphatic rings. The fourth-order valence-corrected chi connectivity index (χ4v) is 4.59. The van der Waals surface area contributed by atoms with Gasteiger partial charge in [0, 0.05) is 14.5 Å². The van der Waals surface area contributed by atoms with Crippen LogP contribution < -0.4 is 0 Å². The first-order valence-electron chi connectivity index (χ1n) is 11.1. The number of ether oxygens (including phenoxy) is 1. The summed E-state index contributed by atoms with van der Waals surface area (Å²) in [6.45, 7) is 4.74. The van der Waals surface area contributed by atoms with E-state index in [0.717, 1.165) is 12.8 Å². The quantitative estimate of drug-likeness (QED) is 0.0789. The molecule has 0 saturated carbocycles. The Labute approximate surface area is 207 Å². The van der Waals surface area contributed by atoms with Crippen LogP contribution in [0.15, 0.2) is 0 Å². The summed E-state index contributed by atoms with van der Waals surface area (Å²) in [5, 5.41) is 0. The van der Waals surface area contributed by atoms with Crippen LogP contribution in [0, 0.1) is 0 Å². The molecule has 0 aromatic rings. The van der Waals surface area contributed by atoms with Crippen LogP contribution in [0.5, 0.6) is 0 Å². The minimum absolute atomic E-state index is 0.0863. The average Bonchev–Trinajstić information content (AvgIpc) is 2.67. The van der Waals surface area contributed by atoms with Crippen LogP contribution in [-0.2, 0) is 9.53 Å². The van der Waals surface area contributed by atoms with Crippen molar-refractivity contribution in [2.45, 2.75) is 123 Å². The molecule has 0 amide bonds. The number of alkyl halides is 4. The van der Waals surface area contributed by atoms with Crippen LogP contribution in [0.4, 0.5) is 0 Å². The first-order valence-corrected chi connectivity index (χ1v) is 14.8. The first-order chi connectivity index (χ1) is 13.4. The number of carbonyl (C=O) groups excluding carboxylic acids is 1. The van der Waals surface area contributed by atoms with E-state index < -0.39 is 0 Å². The Balaban J connectivity index is 3.46. The third-order valence-corrected chi connectivity index (χ3v) is 10.3. The molecule has 6 heteroatoms. The molecule has 0 rings (SSSR count). The van der Waals surface area contributed by atoms with Gasteiger partial charge >= 0.3 is 5.97 Å². The lowest BCUT2D eigenvalue weighted by atomic mass is 10.0. The lowest BCUT2D eigenvalue weighted by Crippen LogP contribution is -2.24. The summed E-state index contributed by atoms with van der Waals surface area (Å²) in [6, 6.07) is 0. The Morgan fingerprint density at radius 3 is 1.61 bits per heavy atom. The molecule has 0 aromatic heterocycles. The van der Waals surface area contributed by atoms with Gasteiger partial charge in [-0.3, -0.25) is 4.79 Å². The fraction of sp³-hybridized carbons (Fsp3) is 0.955. The smallest absolute Gasteiger partial charge is 0.320 e. The molecule has 0 saturated heterocycles. The highest BCUT2D eigenvalue weighted by atomic mass is 79.9. The molecular weight excluding hydrogens is 616 g/mol. The van der Waals surface area contributed by atoms with Crippen LogP contribution in [0.1, 0.15) is 104 Å². The van der Waals surface area contributed by atoms with Gasteiger partial charge in [-0.1, -0.05) is 148 Å². The Kier molecular flexibility index (Phi) is 21.3. The van der Waals surface area contributed by atoms with Gasteiger partial charge in [0.15, 0.2) is 0 Å². The van der Waals surface area contributed by atoms with Gasteiger partial charge in [-0.15, -0.1) is 0 Å². The molecule has 0 aliphatic carbocycles. The minimum Gasteiger partial charge on any atom is -0.465 e. The van der Waals surface area contributed by atoms with Crippen molar-refractivity contribution in [3.8, 4) is 0 Å². The van der Waals surface area contributed by atoms with Gasteiger partial charge in [0.1, 0.15) is 4.83 Å². The van der Waals surface area contributed by atoms with E-state index in [-0.39, 0.29) is 15.6 Å². The molecule has 0 bridgehead atoms. The third kappa shape index (κ3) is 17.1. The van der Waals surface area contributed by atoms with Gasteiger partial charge in [0.05, 0.1) is 6.61 Å². The molecule has 0 radical (unpaired) electrons. The van der Waals surface area contributed by atoms with E-state index in [9.17, 15) is 4.79 Å². The van der Waals surface area contributed by atoms with Crippen molar-refractivity contribution < 1.29 is 9.53 Å². The van der Waals surface area contributed by atoms with E-state index in [2.05, 4.69) is 70.6 Å². The van der Waals surface area contributed by atoms with Gasteiger partial charge in [-0.2, -0.15) is 0 Å².